The number of alkyl halides is 9. The van der Waals surface area contributed by atoms with E-state index in [0.717, 1.165) is 57.8 Å². The van der Waals surface area contributed by atoms with E-state index in [0.29, 0.717) is 51.8 Å². The zero-order valence-corrected chi connectivity index (χ0v) is 51.6. The summed E-state index contributed by atoms with van der Waals surface area (Å²) in [5, 5.41) is 30.0. The second kappa shape index (κ2) is 29.9. The number of halogens is 9. The molecule has 0 aliphatic rings. The molecule has 0 amide bonds. The Morgan fingerprint density at radius 2 is 0.794 bits per heavy atom. The van der Waals surface area contributed by atoms with E-state index in [9.17, 15) is 77.6 Å². The van der Waals surface area contributed by atoms with E-state index < -0.39 is 68.7 Å². The van der Waals surface area contributed by atoms with Gasteiger partial charge in [0.1, 0.15) is 24.7 Å². The summed E-state index contributed by atoms with van der Waals surface area (Å²) in [6.07, 6.45) is -12.2. The van der Waals surface area contributed by atoms with E-state index >= 15 is 0 Å². The molecule has 22 heteroatoms. The number of sulfone groups is 1. The molecule has 0 saturated heterocycles. The molecule has 0 aliphatic heterocycles. The molecule has 11 rings (SSSR count). The van der Waals surface area contributed by atoms with Crippen LogP contribution in [0.2, 0.25) is 0 Å². The van der Waals surface area contributed by atoms with Gasteiger partial charge >= 0.3 is 36.4 Å². The monoisotopic (exact) mass is 1350 g/mol. The first-order chi connectivity index (χ1) is 46.0. The van der Waals surface area contributed by atoms with Gasteiger partial charge in [-0.05, 0) is 170 Å². The number of hydrogen-bond acceptors (Lipinski definition) is 9. The Kier molecular flexibility index (Phi) is 21.6. The quantitative estimate of drug-likeness (QED) is 0.0401. The molecule has 0 radical (unpaired) electrons. The van der Waals surface area contributed by atoms with Crippen molar-refractivity contribution < 1.29 is 87.1 Å². The Morgan fingerprint density at radius 3 is 1.31 bits per heavy atom. The number of aromatic carboxylic acids is 3. The van der Waals surface area contributed by atoms with E-state index in [1.807, 2.05) is 42.5 Å². The van der Waals surface area contributed by atoms with Crippen LogP contribution in [0, 0.1) is 0 Å². The highest BCUT2D eigenvalue weighted by molar-refractivity contribution is 7.90. The van der Waals surface area contributed by atoms with Crippen molar-refractivity contribution in [1.82, 2.24) is 0 Å². The fourth-order valence-corrected chi connectivity index (χ4v) is 11.7. The first kappa shape index (κ1) is 69.9. The van der Waals surface area contributed by atoms with Gasteiger partial charge in [0, 0.05) is 11.4 Å². The predicted octanol–water partition coefficient (Wildman–Crippen LogP) is 18.4. The molecule has 11 aromatic rings. The largest absolute Gasteiger partial charge is 0.489 e. The predicted molar refractivity (Wildman–Crippen MR) is 351 cm³/mol. The highest BCUT2D eigenvalue weighted by atomic mass is 32.2. The molecule has 0 aliphatic carbocycles. The Bertz CT molecular complexity index is 4810. The summed E-state index contributed by atoms with van der Waals surface area (Å²) >= 11 is 0. The van der Waals surface area contributed by atoms with Gasteiger partial charge in [0.25, 0.3) is 0 Å². The van der Waals surface area contributed by atoms with E-state index in [-0.39, 0.29) is 63.2 Å². The summed E-state index contributed by atoms with van der Waals surface area (Å²) < 4.78 is 154. The topological polar surface area (TPSA) is 217 Å². The van der Waals surface area contributed by atoms with Gasteiger partial charge in [0.15, 0.2) is 9.84 Å². The van der Waals surface area contributed by atoms with Crippen LogP contribution in [-0.2, 0) is 60.2 Å². The van der Waals surface area contributed by atoms with E-state index in [1.54, 1.807) is 97.1 Å². The number of nitrogens with two attached hydrogens (primary N) is 2. The lowest BCUT2D eigenvalue weighted by Gasteiger charge is -2.15. The summed E-state index contributed by atoms with van der Waals surface area (Å²) in [4.78, 5) is 34.8. The Labute approximate surface area is 550 Å². The van der Waals surface area contributed by atoms with Crippen molar-refractivity contribution in [1.29, 1.82) is 0 Å². The van der Waals surface area contributed by atoms with Crippen LogP contribution in [0.3, 0.4) is 0 Å². The van der Waals surface area contributed by atoms with Crippen molar-refractivity contribution >= 4 is 49.9 Å². The van der Waals surface area contributed by atoms with Crippen molar-refractivity contribution in [3.8, 4) is 44.9 Å². The zero-order valence-electron chi connectivity index (χ0n) is 50.8. The van der Waals surface area contributed by atoms with Gasteiger partial charge in [-0.25, -0.2) is 22.8 Å². The van der Waals surface area contributed by atoms with E-state index in [2.05, 4.69) is 0 Å². The van der Waals surface area contributed by atoms with Crippen molar-refractivity contribution in [3.05, 3.63) is 304 Å². The molecule has 97 heavy (non-hydrogen) atoms. The average molecular weight is 1350 g/mol. The number of carbonyl (C=O) groups is 3. The van der Waals surface area contributed by atoms with Crippen LogP contribution in [-0.4, -0.2) is 41.6 Å². The SMILES string of the molecule is Nc1ccc(-c2ccc(CCc3cccc(C(F)(F)F)c3)cc2)cc1C(=O)O.Nc1ccc(-c2ccccc2COc2cccc(C(F)(F)F)c2)cc1C(=O)O.O=C(O)c1cc(-c2ccccc2COc2cccc(C(F)(F)F)c2)ccc1CS(=O)(=O)c1ccc2ccccc2c1. The van der Waals surface area contributed by atoms with Gasteiger partial charge < -0.3 is 36.3 Å². The molecule has 0 saturated carbocycles. The summed E-state index contributed by atoms with van der Waals surface area (Å²) in [7, 11) is -3.86. The van der Waals surface area contributed by atoms with Crippen LogP contribution in [0.25, 0.3) is 44.2 Å². The Morgan fingerprint density at radius 1 is 0.371 bits per heavy atom. The average Bonchev–Trinajstić information content (AvgIpc) is 0.814. The maximum Gasteiger partial charge on any atom is 0.416 e. The number of rotatable bonds is 18. The molecular weight excluding hydrogens is 1290 g/mol. The summed E-state index contributed by atoms with van der Waals surface area (Å²) in [6.45, 7) is -0.0533. The number of carboxylic acid groups (broad SMARTS) is 3. The van der Waals surface area contributed by atoms with Gasteiger partial charge in [-0.1, -0.05) is 158 Å². The first-order valence-corrected chi connectivity index (χ1v) is 31.0. The molecule has 0 aromatic heterocycles. The number of ether oxygens (including phenoxy) is 2. The first-order valence-electron chi connectivity index (χ1n) is 29.4. The highest BCUT2D eigenvalue weighted by Gasteiger charge is 2.33. The Balaban J connectivity index is 0.000000176. The third-order valence-corrected chi connectivity index (χ3v) is 17.0. The fraction of sp³-hybridized carbons (Fsp3) is 0.107. The van der Waals surface area contributed by atoms with Crippen LogP contribution in [0.5, 0.6) is 11.5 Å². The standard InChI is InChI=1S/C32H23F3O5S.C22H18F3NO2.C21H16F3NO3/c33-32(34,35)26-9-5-10-27(18-26)40-19-24-8-3-4-11-29(24)23-12-13-25(30(17-23)31(36)37)20-41(38,39)28-15-14-21-6-1-2-7-22(21)16-28;23-22(24,25)18-3-1-2-15(12-18)5-4-14-6-8-16(9-7-14)17-10-11-20(26)19(13-17)21(27)28;22-21(23,24)15-5-3-6-16(11-15)28-12-14-4-1-2-7-17(14)13-8-9-19(25)18(10-13)20(26)27/h1-18H,19-20H2,(H,36,37);1-3,6-13H,4-5,26H2,(H,27,28);1-11H,12,25H2,(H,26,27). The van der Waals surface area contributed by atoms with E-state index in [4.69, 9.17) is 20.9 Å². The lowest BCUT2D eigenvalue weighted by atomic mass is 9.96. The van der Waals surface area contributed by atoms with Gasteiger partial charge in [-0.3, -0.25) is 0 Å². The van der Waals surface area contributed by atoms with Crippen LogP contribution in [0.4, 0.5) is 50.9 Å². The number of fused-ring (bicyclic) bond motifs is 1. The number of carboxylic acids is 3. The van der Waals surface area contributed by atoms with Gasteiger partial charge in [0.2, 0.25) is 0 Å². The third-order valence-electron chi connectivity index (χ3n) is 15.3. The lowest BCUT2D eigenvalue weighted by Crippen LogP contribution is -2.10. The number of hydrogen-bond donors (Lipinski definition) is 5. The molecular formula is C75H57F9N2O10S. The number of anilines is 2. The molecule has 7 N–H and O–H groups in total. The second-order valence-corrected chi connectivity index (χ2v) is 24.0. The minimum atomic E-state index is -4.51. The molecule has 11 aromatic carbocycles. The zero-order chi connectivity index (χ0) is 69.8. The summed E-state index contributed by atoms with van der Waals surface area (Å²) in [5.41, 5.74) is 16.4. The third kappa shape index (κ3) is 18.3. The van der Waals surface area contributed by atoms with Crippen molar-refractivity contribution in [2.75, 3.05) is 11.5 Å². The molecule has 0 atom stereocenters. The molecule has 0 fully saturated rings. The molecule has 0 spiro atoms. The molecule has 0 unspecified atom stereocenters. The molecule has 0 bridgehead atoms. The molecule has 12 nitrogen and oxygen atoms in total. The van der Waals surface area contributed by atoms with Crippen molar-refractivity contribution in [3.63, 3.8) is 0 Å². The lowest BCUT2D eigenvalue weighted by molar-refractivity contribution is -0.138. The Hall–Kier alpha value is -11.4. The fourth-order valence-electron chi connectivity index (χ4n) is 10.3. The number of nitrogen functional groups attached to an aromatic ring is 2. The van der Waals surface area contributed by atoms with Gasteiger partial charge in [0.05, 0.1) is 44.0 Å². The summed E-state index contributed by atoms with van der Waals surface area (Å²) in [5.74, 6) is -3.89. The summed E-state index contributed by atoms with van der Waals surface area (Å²) in [6, 6.07) is 62.2. The van der Waals surface area contributed by atoms with Crippen LogP contribution < -0.4 is 20.9 Å². The minimum Gasteiger partial charge on any atom is -0.489 e. The van der Waals surface area contributed by atoms with Crippen molar-refractivity contribution in [2.24, 2.45) is 0 Å². The molecule has 0 heterocycles. The van der Waals surface area contributed by atoms with Crippen molar-refractivity contribution in [2.45, 2.75) is 55.2 Å². The van der Waals surface area contributed by atoms with Crippen LogP contribution in [0.1, 0.15) is 75.6 Å². The van der Waals surface area contributed by atoms with Gasteiger partial charge in [-0.15, -0.1) is 0 Å². The van der Waals surface area contributed by atoms with Gasteiger partial charge in [-0.2, -0.15) is 39.5 Å². The minimum absolute atomic E-state index is 0.0181. The highest BCUT2D eigenvalue weighted by Crippen LogP contribution is 2.36. The van der Waals surface area contributed by atoms with Crippen LogP contribution >= 0.6 is 0 Å². The maximum absolute atomic E-state index is 13.3. The smallest absolute Gasteiger partial charge is 0.416 e. The number of benzene rings is 11. The number of aryl methyl sites for hydroxylation is 2. The second-order valence-electron chi connectivity index (χ2n) is 22.0. The van der Waals surface area contributed by atoms with Crippen LogP contribution in [0.15, 0.2) is 248 Å². The maximum atomic E-state index is 13.3. The normalized spacial score (nSPS) is 11.6. The van der Waals surface area contributed by atoms with E-state index in [1.165, 1.54) is 72.8 Å². The molecule has 496 valence electrons.